The van der Waals surface area contributed by atoms with E-state index in [0.717, 1.165) is 33.3 Å². The number of fused-ring (bicyclic) bond motifs is 1. The van der Waals surface area contributed by atoms with E-state index in [2.05, 4.69) is 56.6 Å². The topological polar surface area (TPSA) is 34.0 Å². The quantitative estimate of drug-likeness (QED) is 0.802. The lowest BCUT2D eigenvalue weighted by Crippen LogP contribution is -2.24. The van der Waals surface area contributed by atoms with Gasteiger partial charge in [0.25, 0.3) is 0 Å². The fraction of sp³-hybridized carbons (Fsp3) is 0.556. The minimum Gasteiger partial charge on any atom is -0.294 e. The minimum atomic E-state index is -0.301. The van der Waals surface area contributed by atoms with Gasteiger partial charge in [0.2, 0.25) is 0 Å². The van der Waals surface area contributed by atoms with Gasteiger partial charge in [-0.25, -0.2) is 4.45 Å². The molecule has 1 aromatic rings. The molecule has 4 atom stereocenters. The van der Waals surface area contributed by atoms with Crippen LogP contribution in [0, 0.1) is 0 Å². The van der Waals surface area contributed by atoms with Crippen LogP contribution in [0.1, 0.15) is 24.7 Å². The predicted octanol–water partition coefficient (Wildman–Crippen LogP) is 2.94. The Kier molecular flexibility index (Phi) is 5.47. The third kappa shape index (κ3) is 3.31. The van der Waals surface area contributed by atoms with Gasteiger partial charge in [-0.05, 0) is 27.0 Å². The molecular weight excluding hydrogens is 288 g/mol. The maximum atomic E-state index is 4.30. The second-order valence-electron chi connectivity index (χ2n) is 3.92. The predicted molar refractivity (Wildman–Crippen MR) is 84.7 cm³/mol. The molecule has 0 amide bonds. The van der Waals surface area contributed by atoms with Crippen LogP contribution in [0.3, 0.4) is 0 Å². The van der Waals surface area contributed by atoms with Gasteiger partial charge in [-0.1, -0.05) is 27.1 Å². The molecule has 0 spiro atoms. The molecular formula is C9H18N4P4. The van der Waals surface area contributed by atoms with E-state index in [4.69, 9.17) is 0 Å². The van der Waals surface area contributed by atoms with Crippen molar-refractivity contribution in [2.45, 2.75) is 19.9 Å². The summed E-state index contributed by atoms with van der Waals surface area (Å²) in [5, 5.41) is 8.57. The molecule has 1 aliphatic heterocycles. The van der Waals surface area contributed by atoms with Crippen LogP contribution in [0.15, 0.2) is 6.08 Å². The summed E-state index contributed by atoms with van der Waals surface area (Å²) in [6, 6.07) is 0. The van der Waals surface area contributed by atoms with Crippen molar-refractivity contribution in [3.63, 3.8) is 0 Å². The van der Waals surface area contributed by atoms with E-state index >= 15 is 0 Å². The highest BCUT2D eigenvalue weighted by Crippen LogP contribution is 2.66. The van der Waals surface area contributed by atoms with Crippen LogP contribution in [0.25, 0.3) is 6.08 Å². The molecule has 0 bridgehead atoms. The van der Waals surface area contributed by atoms with Gasteiger partial charge in [-0.15, -0.1) is 14.0 Å². The summed E-state index contributed by atoms with van der Waals surface area (Å²) in [5.74, 6) is 0. The van der Waals surface area contributed by atoms with Crippen molar-refractivity contribution in [3.8, 4) is 0 Å². The molecule has 0 saturated heterocycles. The van der Waals surface area contributed by atoms with Crippen molar-refractivity contribution in [1.29, 1.82) is 0 Å². The van der Waals surface area contributed by atoms with E-state index in [-0.39, 0.29) is 7.45 Å². The molecule has 4 unspecified atom stereocenters. The van der Waals surface area contributed by atoms with Gasteiger partial charge in [-0.3, -0.25) is 4.90 Å². The zero-order valence-electron chi connectivity index (χ0n) is 9.87. The standard InChI is InChI=1S/C9H18N4P4/c1-2-5-12-6-3-4-8-9(7-12)13(11-10-8)17(15)16-14/h3-4,16H,2,5-7,14-15H2,1H3. The molecule has 1 aliphatic rings. The molecule has 0 aliphatic carbocycles. The van der Waals surface area contributed by atoms with Gasteiger partial charge >= 0.3 is 0 Å². The average Bonchev–Trinajstić information content (AvgIpc) is 2.61. The largest absolute Gasteiger partial charge is 0.294 e. The van der Waals surface area contributed by atoms with E-state index in [0.29, 0.717) is 0 Å². The van der Waals surface area contributed by atoms with Crippen LogP contribution in [0.5, 0.6) is 0 Å². The smallest absolute Gasteiger partial charge is 0.110 e. The fourth-order valence-electron chi connectivity index (χ4n) is 1.88. The summed E-state index contributed by atoms with van der Waals surface area (Å²) in [5.41, 5.74) is 2.31. The Labute approximate surface area is 110 Å². The number of hydrogen-bond acceptors (Lipinski definition) is 3. The van der Waals surface area contributed by atoms with Crippen molar-refractivity contribution in [2.24, 2.45) is 0 Å². The van der Waals surface area contributed by atoms with Crippen LogP contribution < -0.4 is 0 Å². The summed E-state index contributed by atoms with van der Waals surface area (Å²) in [7, 11) is 6.21. The first kappa shape index (κ1) is 14.0. The summed E-state index contributed by atoms with van der Waals surface area (Å²) in [6.07, 6.45) is 5.48. The Hall–Kier alpha value is 0.560. The molecule has 0 saturated carbocycles. The van der Waals surface area contributed by atoms with Gasteiger partial charge in [-0.2, -0.15) is 0 Å². The maximum Gasteiger partial charge on any atom is 0.110 e. The highest BCUT2D eigenvalue weighted by molar-refractivity contribution is 8.60. The lowest BCUT2D eigenvalue weighted by molar-refractivity contribution is 0.292. The first-order valence-corrected chi connectivity index (χ1v) is 12.2. The molecule has 94 valence electrons. The molecule has 17 heavy (non-hydrogen) atoms. The zero-order chi connectivity index (χ0) is 12.3. The van der Waals surface area contributed by atoms with Crippen LogP contribution in [-0.2, 0) is 6.54 Å². The second-order valence-corrected chi connectivity index (χ2v) is 12.7. The zero-order valence-corrected chi connectivity index (χ0v) is 14.1. The first-order valence-electron chi connectivity index (χ1n) is 5.61. The SMILES string of the molecule is CCCN1CC=Cc2nnn(P(P)PP)c2C1. The highest BCUT2D eigenvalue weighted by atomic mass is 32.6. The molecule has 8 heteroatoms. The summed E-state index contributed by atoms with van der Waals surface area (Å²) < 4.78 is 2.11. The van der Waals surface area contributed by atoms with Gasteiger partial charge in [0.15, 0.2) is 0 Å². The molecule has 0 N–H and O–H groups in total. The molecule has 0 aromatic carbocycles. The lowest BCUT2D eigenvalue weighted by atomic mass is 10.3. The van der Waals surface area contributed by atoms with E-state index in [1.807, 2.05) is 0 Å². The Morgan fingerprint density at radius 1 is 1.59 bits per heavy atom. The Bertz CT molecular complexity index is 406. The molecule has 4 nitrogen and oxygen atoms in total. The van der Waals surface area contributed by atoms with Crippen LogP contribution in [-0.4, -0.2) is 32.8 Å². The highest BCUT2D eigenvalue weighted by Gasteiger charge is 2.19. The van der Waals surface area contributed by atoms with Crippen molar-refractivity contribution in [3.05, 3.63) is 17.5 Å². The fourth-order valence-corrected chi connectivity index (χ4v) is 4.90. The van der Waals surface area contributed by atoms with Crippen LogP contribution in [0.4, 0.5) is 0 Å². The summed E-state index contributed by atoms with van der Waals surface area (Å²) >= 11 is 0. The molecule has 1 aromatic heterocycles. The molecule has 2 heterocycles. The van der Waals surface area contributed by atoms with E-state index in [1.165, 1.54) is 12.1 Å². The third-order valence-electron chi connectivity index (χ3n) is 2.66. The van der Waals surface area contributed by atoms with E-state index < -0.39 is 0 Å². The van der Waals surface area contributed by atoms with E-state index in [1.54, 1.807) is 0 Å². The molecule has 0 radical (unpaired) electrons. The van der Waals surface area contributed by atoms with Crippen molar-refractivity contribution in [1.82, 2.24) is 19.7 Å². The normalized spacial score (nSPS) is 18.5. The van der Waals surface area contributed by atoms with Crippen LogP contribution >= 0.6 is 33.3 Å². The molecule has 2 rings (SSSR count). The van der Waals surface area contributed by atoms with Crippen molar-refractivity contribution < 1.29 is 0 Å². The lowest BCUT2D eigenvalue weighted by Gasteiger charge is -2.20. The molecule has 0 fully saturated rings. The first-order chi connectivity index (χ1) is 8.26. The van der Waals surface area contributed by atoms with Gasteiger partial charge < -0.3 is 0 Å². The van der Waals surface area contributed by atoms with Gasteiger partial charge in [0, 0.05) is 13.1 Å². The Balaban J connectivity index is 2.26. The number of aromatic nitrogens is 3. The monoisotopic (exact) mass is 306 g/mol. The number of hydrogen-bond donors (Lipinski definition) is 0. The second kappa shape index (κ2) is 6.65. The van der Waals surface area contributed by atoms with Crippen molar-refractivity contribution in [2.75, 3.05) is 13.1 Å². The van der Waals surface area contributed by atoms with Crippen molar-refractivity contribution >= 4 is 39.3 Å². The van der Waals surface area contributed by atoms with Crippen LogP contribution in [0.2, 0.25) is 0 Å². The summed E-state index contributed by atoms with van der Waals surface area (Å²) in [6.45, 7) is 5.33. The minimum absolute atomic E-state index is 0.301. The van der Waals surface area contributed by atoms with Gasteiger partial charge in [0.1, 0.15) is 5.69 Å². The average molecular weight is 306 g/mol. The third-order valence-corrected chi connectivity index (χ3v) is 12.1. The summed E-state index contributed by atoms with van der Waals surface area (Å²) in [4.78, 5) is 2.45. The Morgan fingerprint density at radius 2 is 2.41 bits per heavy atom. The maximum absolute atomic E-state index is 4.30. The van der Waals surface area contributed by atoms with E-state index in [9.17, 15) is 0 Å². The number of rotatable bonds is 4. The van der Waals surface area contributed by atoms with Gasteiger partial charge in [0.05, 0.1) is 13.1 Å². The Morgan fingerprint density at radius 3 is 3.12 bits per heavy atom. The number of nitrogens with zero attached hydrogens (tertiary/aromatic N) is 4.